The Labute approximate surface area is 105 Å². The molecule has 2 aromatic rings. The lowest BCUT2D eigenvalue weighted by molar-refractivity contribution is 0.737. The molecule has 2 heteroatoms. The molecule has 2 nitrogen and oxygen atoms in total. The van der Waals surface area contributed by atoms with E-state index in [1.165, 1.54) is 11.1 Å². The SMILES string of the molecule is CC.CC.CC(N)Cc1ccn2cccc2c1. The fourth-order valence-electron chi connectivity index (χ4n) is 1.58. The van der Waals surface area contributed by atoms with E-state index in [2.05, 4.69) is 28.8 Å². The van der Waals surface area contributed by atoms with E-state index in [9.17, 15) is 0 Å². The summed E-state index contributed by atoms with van der Waals surface area (Å²) in [7, 11) is 0. The van der Waals surface area contributed by atoms with Crippen LogP contribution >= 0.6 is 0 Å². The number of nitrogens with two attached hydrogens (primary N) is 1. The average molecular weight is 234 g/mol. The van der Waals surface area contributed by atoms with Gasteiger partial charge in [0, 0.05) is 24.0 Å². The predicted octanol–water partition coefficient (Wildman–Crippen LogP) is 3.88. The zero-order valence-corrected chi connectivity index (χ0v) is 11.8. The number of aromatic nitrogens is 1. The van der Waals surface area contributed by atoms with Crippen LogP contribution in [0.15, 0.2) is 36.7 Å². The second-order valence-corrected chi connectivity index (χ2v) is 3.56. The smallest absolute Gasteiger partial charge is 0.0452 e. The molecule has 1 unspecified atom stereocenters. The first kappa shape index (κ1) is 15.7. The maximum atomic E-state index is 5.74. The van der Waals surface area contributed by atoms with Crippen molar-refractivity contribution in [2.75, 3.05) is 0 Å². The van der Waals surface area contributed by atoms with Gasteiger partial charge in [0.1, 0.15) is 0 Å². The highest BCUT2D eigenvalue weighted by Crippen LogP contribution is 2.09. The maximum Gasteiger partial charge on any atom is 0.0452 e. The van der Waals surface area contributed by atoms with Crippen molar-refractivity contribution in [3.63, 3.8) is 0 Å². The summed E-state index contributed by atoms with van der Waals surface area (Å²) >= 11 is 0. The van der Waals surface area contributed by atoms with E-state index in [-0.39, 0.29) is 6.04 Å². The number of rotatable bonds is 2. The van der Waals surface area contributed by atoms with Gasteiger partial charge in [0.25, 0.3) is 0 Å². The molecule has 0 spiro atoms. The average Bonchev–Trinajstić information content (AvgIpc) is 2.81. The van der Waals surface area contributed by atoms with E-state index in [1.807, 2.05) is 46.9 Å². The zero-order valence-electron chi connectivity index (χ0n) is 11.8. The van der Waals surface area contributed by atoms with Crippen molar-refractivity contribution in [2.45, 2.75) is 47.1 Å². The van der Waals surface area contributed by atoms with Gasteiger partial charge < -0.3 is 10.1 Å². The van der Waals surface area contributed by atoms with Crippen LogP contribution in [-0.2, 0) is 6.42 Å². The van der Waals surface area contributed by atoms with E-state index in [0.717, 1.165) is 6.42 Å². The molecule has 0 saturated carbocycles. The summed E-state index contributed by atoms with van der Waals surface area (Å²) in [4.78, 5) is 0. The summed E-state index contributed by atoms with van der Waals surface area (Å²) in [5.74, 6) is 0. The van der Waals surface area contributed by atoms with Crippen LogP contribution in [0.4, 0.5) is 0 Å². The Morgan fingerprint density at radius 1 is 1.12 bits per heavy atom. The van der Waals surface area contributed by atoms with Gasteiger partial charge in [-0.15, -0.1) is 0 Å². The Balaban J connectivity index is 0.000000581. The molecule has 2 aromatic heterocycles. The van der Waals surface area contributed by atoms with Crippen LogP contribution in [0.2, 0.25) is 0 Å². The number of fused-ring (bicyclic) bond motifs is 1. The highest BCUT2D eigenvalue weighted by Gasteiger charge is 1.98. The van der Waals surface area contributed by atoms with Gasteiger partial charge in [-0.1, -0.05) is 27.7 Å². The molecule has 0 saturated heterocycles. The number of nitrogens with zero attached hydrogens (tertiary/aromatic N) is 1. The van der Waals surface area contributed by atoms with Crippen molar-refractivity contribution in [2.24, 2.45) is 5.73 Å². The Kier molecular flexibility index (Phi) is 8.16. The van der Waals surface area contributed by atoms with Crippen molar-refractivity contribution < 1.29 is 0 Å². The molecule has 0 aromatic carbocycles. The van der Waals surface area contributed by atoms with Crippen LogP contribution in [0.5, 0.6) is 0 Å². The quantitative estimate of drug-likeness (QED) is 0.839. The Morgan fingerprint density at radius 3 is 2.35 bits per heavy atom. The minimum atomic E-state index is 0.234. The van der Waals surface area contributed by atoms with E-state index in [1.54, 1.807) is 0 Å². The van der Waals surface area contributed by atoms with Crippen LogP contribution < -0.4 is 5.73 Å². The third kappa shape index (κ3) is 5.05. The molecule has 0 bridgehead atoms. The van der Waals surface area contributed by atoms with Crippen molar-refractivity contribution >= 4 is 5.52 Å². The molecule has 96 valence electrons. The number of hydrogen-bond donors (Lipinski definition) is 1. The van der Waals surface area contributed by atoms with Crippen LogP contribution in [0.25, 0.3) is 5.52 Å². The molecule has 1 atom stereocenters. The van der Waals surface area contributed by atoms with Gasteiger partial charge in [0.05, 0.1) is 0 Å². The fourth-order valence-corrected chi connectivity index (χ4v) is 1.58. The fraction of sp³-hybridized carbons (Fsp3) is 0.467. The van der Waals surface area contributed by atoms with E-state index in [0.29, 0.717) is 0 Å². The number of hydrogen-bond acceptors (Lipinski definition) is 1. The molecule has 0 amide bonds. The highest BCUT2D eigenvalue weighted by atomic mass is 14.8. The lowest BCUT2D eigenvalue weighted by Gasteiger charge is -2.05. The van der Waals surface area contributed by atoms with Gasteiger partial charge in [-0.25, -0.2) is 0 Å². The minimum absolute atomic E-state index is 0.234. The van der Waals surface area contributed by atoms with E-state index in [4.69, 9.17) is 5.73 Å². The van der Waals surface area contributed by atoms with Crippen molar-refractivity contribution in [3.05, 3.63) is 42.2 Å². The maximum absolute atomic E-state index is 5.74. The molecule has 2 N–H and O–H groups in total. The summed E-state index contributed by atoms with van der Waals surface area (Å²) < 4.78 is 2.10. The standard InChI is InChI=1S/C11H14N2.2C2H6/c1-9(12)7-10-4-6-13-5-2-3-11(13)8-10;2*1-2/h2-6,8-9H,7,12H2,1H3;2*1-2H3. The third-order valence-corrected chi connectivity index (χ3v) is 2.15. The monoisotopic (exact) mass is 234 g/mol. The van der Waals surface area contributed by atoms with Gasteiger partial charge >= 0.3 is 0 Å². The van der Waals surface area contributed by atoms with Gasteiger partial charge in [0.2, 0.25) is 0 Å². The van der Waals surface area contributed by atoms with Crippen LogP contribution in [0.1, 0.15) is 40.2 Å². The van der Waals surface area contributed by atoms with Crippen molar-refractivity contribution in [3.8, 4) is 0 Å². The molecule has 0 aliphatic rings. The molecule has 17 heavy (non-hydrogen) atoms. The third-order valence-electron chi connectivity index (χ3n) is 2.15. The lowest BCUT2D eigenvalue weighted by atomic mass is 10.1. The summed E-state index contributed by atoms with van der Waals surface area (Å²) in [6.07, 6.45) is 5.07. The van der Waals surface area contributed by atoms with E-state index < -0.39 is 0 Å². The van der Waals surface area contributed by atoms with Gasteiger partial charge in [-0.05, 0) is 43.2 Å². The first-order chi connectivity index (χ1) is 8.25. The Hall–Kier alpha value is -1.28. The van der Waals surface area contributed by atoms with E-state index >= 15 is 0 Å². The van der Waals surface area contributed by atoms with Gasteiger partial charge in [-0.3, -0.25) is 0 Å². The van der Waals surface area contributed by atoms with Crippen LogP contribution in [-0.4, -0.2) is 10.4 Å². The summed E-state index contributed by atoms with van der Waals surface area (Å²) in [5.41, 5.74) is 8.28. The molecule has 2 heterocycles. The molecule has 0 aliphatic carbocycles. The lowest BCUT2D eigenvalue weighted by Crippen LogP contribution is -2.17. The van der Waals surface area contributed by atoms with Crippen LogP contribution in [0.3, 0.4) is 0 Å². The molecule has 2 rings (SSSR count). The highest BCUT2D eigenvalue weighted by molar-refractivity contribution is 5.49. The first-order valence-electron chi connectivity index (χ1n) is 6.57. The second kappa shape index (κ2) is 8.82. The first-order valence-corrected chi connectivity index (χ1v) is 6.57. The molecule has 0 aliphatic heterocycles. The Morgan fingerprint density at radius 2 is 1.76 bits per heavy atom. The number of pyridine rings is 1. The van der Waals surface area contributed by atoms with Crippen molar-refractivity contribution in [1.29, 1.82) is 0 Å². The van der Waals surface area contributed by atoms with Gasteiger partial charge in [-0.2, -0.15) is 0 Å². The minimum Gasteiger partial charge on any atom is -0.328 e. The molecule has 0 fully saturated rings. The molecule has 0 radical (unpaired) electrons. The molecular formula is C15H26N2. The topological polar surface area (TPSA) is 30.4 Å². The summed E-state index contributed by atoms with van der Waals surface area (Å²) in [6, 6.07) is 8.69. The predicted molar refractivity (Wildman–Crippen MR) is 77.4 cm³/mol. The largest absolute Gasteiger partial charge is 0.328 e. The summed E-state index contributed by atoms with van der Waals surface area (Å²) in [5, 5.41) is 0. The summed E-state index contributed by atoms with van der Waals surface area (Å²) in [6.45, 7) is 10.0. The zero-order chi connectivity index (χ0) is 13.3. The van der Waals surface area contributed by atoms with Crippen LogP contribution in [0, 0.1) is 0 Å². The van der Waals surface area contributed by atoms with Gasteiger partial charge in [0.15, 0.2) is 0 Å². The Bertz CT molecular complexity index is 402. The van der Waals surface area contributed by atoms with Crippen molar-refractivity contribution in [1.82, 2.24) is 4.40 Å². The normalized spacial score (nSPS) is 10.9. The molecular weight excluding hydrogens is 208 g/mol. The second-order valence-electron chi connectivity index (χ2n) is 3.56.